The van der Waals surface area contributed by atoms with E-state index >= 15 is 0 Å². The van der Waals surface area contributed by atoms with E-state index in [1.165, 1.54) is 4.80 Å². The van der Waals surface area contributed by atoms with Crippen molar-refractivity contribution in [1.82, 2.24) is 25.3 Å². The lowest BCUT2D eigenvalue weighted by atomic mass is 10.1. The molecule has 0 aliphatic heterocycles. The molecule has 2 aromatic heterocycles. The number of nitrogens with one attached hydrogen (secondary N) is 3. The van der Waals surface area contributed by atoms with E-state index in [0.717, 1.165) is 6.07 Å². The third-order valence-corrected chi connectivity index (χ3v) is 4.57. The fraction of sp³-hybridized carbons (Fsp3) is 0.250. The maximum Gasteiger partial charge on any atom is 0.404 e. The van der Waals surface area contributed by atoms with Crippen LogP contribution in [-0.4, -0.2) is 43.3 Å². The monoisotopic (exact) mass is 424 g/mol. The number of nitrogens with zero attached hydrogens (tertiary/aromatic N) is 5. The number of halogens is 1. The summed E-state index contributed by atoms with van der Waals surface area (Å²) in [6, 6.07) is 9.22. The molecule has 0 unspecified atom stereocenters. The van der Waals surface area contributed by atoms with Crippen LogP contribution in [0.5, 0.6) is 0 Å². The zero-order valence-corrected chi connectivity index (χ0v) is 16.9. The molecular formula is C20H21FN8O2. The van der Waals surface area contributed by atoms with Gasteiger partial charge in [-0.15, -0.1) is 0 Å². The minimum absolute atomic E-state index is 0.0235. The first-order chi connectivity index (χ1) is 14.9. The van der Waals surface area contributed by atoms with E-state index in [9.17, 15) is 14.4 Å². The third kappa shape index (κ3) is 5.24. The molecule has 0 saturated carbocycles. The average molecular weight is 424 g/mol. The number of pyridine rings is 1. The van der Waals surface area contributed by atoms with Gasteiger partial charge in [-0.05, 0) is 37.6 Å². The van der Waals surface area contributed by atoms with E-state index in [0.29, 0.717) is 17.8 Å². The number of rotatable bonds is 8. The summed E-state index contributed by atoms with van der Waals surface area (Å²) in [6.45, 7) is 3.51. The van der Waals surface area contributed by atoms with Gasteiger partial charge in [-0.2, -0.15) is 20.3 Å². The van der Waals surface area contributed by atoms with Gasteiger partial charge in [0.2, 0.25) is 0 Å². The number of carboxylic acid groups (broad SMARTS) is 1. The largest absolute Gasteiger partial charge is 0.465 e. The number of amides is 1. The lowest BCUT2D eigenvalue weighted by Crippen LogP contribution is -2.44. The molecule has 2 heterocycles. The fourth-order valence-electron chi connectivity index (χ4n) is 3.02. The molecule has 10 nitrogen and oxygen atoms in total. The number of benzene rings is 1. The molecule has 31 heavy (non-hydrogen) atoms. The molecular weight excluding hydrogens is 403 g/mol. The summed E-state index contributed by atoms with van der Waals surface area (Å²) in [5.41, 5.74) is 1.31. The minimum Gasteiger partial charge on any atom is -0.465 e. The molecule has 3 aromatic rings. The van der Waals surface area contributed by atoms with Gasteiger partial charge in [-0.25, -0.2) is 14.2 Å². The summed E-state index contributed by atoms with van der Waals surface area (Å²) in [5.74, 6) is -0.638. The molecule has 3 rings (SSSR count). The standard InChI is InChI=1S/C20H21FN8O2/c1-3-17(12(2)25-20(30)31)27-19-16(21)9-13(11-22)18(28-19)26-14-5-4-6-15(10-14)29-23-7-8-24-29/h4-10,12,17,25H,3H2,1-2H3,(H,30,31)(H2,26,27,28)/t12-,17+/m0/s1. The van der Waals surface area contributed by atoms with Crippen LogP contribution in [0.2, 0.25) is 0 Å². The van der Waals surface area contributed by atoms with Gasteiger partial charge in [-0.1, -0.05) is 13.0 Å². The van der Waals surface area contributed by atoms with Gasteiger partial charge in [0.1, 0.15) is 6.07 Å². The van der Waals surface area contributed by atoms with Gasteiger partial charge in [0.15, 0.2) is 17.5 Å². The van der Waals surface area contributed by atoms with Crippen LogP contribution in [0.25, 0.3) is 5.69 Å². The fourth-order valence-corrected chi connectivity index (χ4v) is 3.02. The molecule has 0 spiro atoms. The zero-order chi connectivity index (χ0) is 22.4. The second-order valence-electron chi connectivity index (χ2n) is 6.72. The normalized spacial score (nSPS) is 12.5. The third-order valence-electron chi connectivity index (χ3n) is 4.57. The van der Waals surface area contributed by atoms with Gasteiger partial charge >= 0.3 is 6.09 Å². The summed E-state index contributed by atoms with van der Waals surface area (Å²) < 4.78 is 14.6. The summed E-state index contributed by atoms with van der Waals surface area (Å²) in [5, 5.41) is 34.8. The van der Waals surface area contributed by atoms with Crippen molar-refractivity contribution in [2.75, 3.05) is 10.6 Å². The van der Waals surface area contributed by atoms with Crippen molar-refractivity contribution in [3.63, 3.8) is 0 Å². The summed E-state index contributed by atoms with van der Waals surface area (Å²) >= 11 is 0. The van der Waals surface area contributed by atoms with E-state index in [2.05, 4.69) is 31.1 Å². The maximum absolute atomic E-state index is 14.6. The van der Waals surface area contributed by atoms with E-state index < -0.39 is 24.0 Å². The number of aromatic nitrogens is 4. The van der Waals surface area contributed by atoms with Crippen LogP contribution < -0.4 is 16.0 Å². The molecule has 2 atom stereocenters. The Kier molecular flexibility index (Phi) is 6.61. The SMILES string of the molecule is CC[C@@H](Nc1nc(Nc2cccc(-n3nccn3)c2)c(C#N)cc1F)[C@H](C)NC(=O)O. The number of hydrogen-bond donors (Lipinski definition) is 4. The highest BCUT2D eigenvalue weighted by Gasteiger charge is 2.20. The summed E-state index contributed by atoms with van der Waals surface area (Å²) in [7, 11) is 0. The number of anilines is 3. The average Bonchev–Trinajstić information content (AvgIpc) is 3.28. The smallest absolute Gasteiger partial charge is 0.404 e. The Morgan fingerprint density at radius 3 is 2.68 bits per heavy atom. The van der Waals surface area contributed by atoms with Crippen molar-refractivity contribution >= 4 is 23.4 Å². The molecule has 0 aliphatic carbocycles. The van der Waals surface area contributed by atoms with Crippen LogP contribution in [0.15, 0.2) is 42.7 Å². The Morgan fingerprint density at radius 2 is 2.03 bits per heavy atom. The molecule has 0 radical (unpaired) electrons. The molecule has 4 N–H and O–H groups in total. The van der Waals surface area contributed by atoms with E-state index in [1.807, 2.05) is 19.1 Å². The van der Waals surface area contributed by atoms with Gasteiger partial charge in [0.25, 0.3) is 0 Å². The van der Waals surface area contributed by atoms with Crippen LogP contribution in [0.4, 0.5) is 26.5 Å². The molecule has 0 saturated heterocycles. The zero-order valence-electron chi connectivity index (χ0n) is 16.9. The van der Waals surface area contributed by atoms with Crippen LogP contribution in [-0.2, 0) is 0 Å². The lowest BCUT2D eigenvalue weighted by Gasteiger charge is -2.25. The van der Waals surface area contributed by atoms with E-state index in [1.54, 1.807) is 37.5 Å². The van der Waals surface area contributed by atoms with Crippen LogP contribution in [0.3, 0.4) is 0 Å². The van der Waals surface area contributed by atoms with Crippen molar-refractivity contribution in [3.05, 3.63) is 54.1 Å². The number of carbonyl (C=O) groups is 1. The van der Waals surface area contributed by atoms with Gasteiger partial charge < -0.3 is 21.1 Å². The van der Waals surface area contributed by atoms with E-state index in [4.69, 9.17) is 5.11 Å². The van der Waals surface area contributed by atoms with Gasteiger partial charge in [0.05, 0.1) is 23.6 Å². The molecule has 11 heteroatoms. The molecule has 1 amide bonds. The predicted molar refractivity (Wildman–Crippen MR) is 112 cm³/mol. The van der Waals surface area contributed by atoms with Gasteiger partial charge in [-0.3, -0.25) is 0 Å². The number of nitriles is 1. The Morgan fingerprint density at radius 1 is 1.29 bits per heavy atom. The quantitative estimate of drug-likeness (QED) is 0.432. The first-order valence-electron chi connectivity index (χ1n) is 9.51. The van der Waals surface area contributed by atoms with Crippen molar-refractivity contribution < 1.29 is 14.3 Å². The van der Waals surface area contributed by atoms with Crippen LogP contribution in [0, 0.1) is 17.1 Å². The Bertz CT molecular complexity index is 1100. The first kappa shape index (κ1) is 21.5. The predicted octanol–water partition coefficient (Wildman–Crippen LogP) is 3.26. The Hall–Kier alpha value is -4.20. The second-order valence-corrected chi connectivity index (χ2v) is 6.72. The first-order valence-corrected chi connectivity index (χ1v) is 9.51. The van der Waals surface area contributed by atoms with Crippen LogP contribution >= 0.6 is 0 Å². The highest BCUT2D eigenvalue weighted by molar-refractivity contribution is 5.67. The van der Waals surface area contributed by atoms with Crippen molar-refractivity contribution in [1.29, 1.82) is 5.26 Å². The highest BCUT2D eigenvalue weighted by Crippen LogP contribution is 2.25. The van der Waals surface area contributed by atoms with Crippen molar-refractivity contribution in [2.24, 2.45) is 0 Å². The Balaban J connectivity index is 1.88. The van der Waals surface area contributed by atoms with Crippen molar-refractivity contribution in [3.8, 4) is 11.8 Å². The highest BCUT2D eigenvalue weighted by atomic mass is 19.1. The molecule has 0 fully saturated rings. The number of hydrogen-bond acceptors (Lipinski definition) is 7. The summed E-state index contributed by atoms with van der Waals surface area (Å²) in [4.78, 5) is 16.6. The maximum atomic E-state index is 14.6. The van der Waals surface area contributed by atoms with Gasteiger partial charge in [0, 0.05) is 17.8 Å². The minimum atomic E-state index is -1.17. The molecule has 1 aromatic carbocycles. The molecule has 160 valence electrons. The summed E-state index contributed by atoms with van der Waals surface area (Å²) in [6.07, 6.45) is 2.45. The van der Waals surface area contributed by atoms with Crippen molar-refractivity contribution in [2.45, 2.75) is 32.4 Å². The Labute approximate surface area is 177 Å². The van der Waals surface area contributed by atoms with E-state index in [-0.39, 0.29) is 17.2 Å². The lowest BCUT2D eigenvalue weighted by molar-refractivity contribution is 0.189. The van der Waals surface area contributed by atoms with Crippen LogP contribution in [0.1, 0.15) is 25.8 Å². The molecule has 0 bridgehead atoms. The molecule has 0 aliphatic rings. The second kappa shape index (κ2) is 9.53. The topological polar surface area (TPSA) is 141 Å².